The van der Waals surface area contributed by atoms with Crippen molar-refractivity contribution in [3.8, 4) is 5.75 Å². The molecular formula is C30H36ClF3N8O2. The highest BCUT2D eigenvalue weighted by molar-refractivity contribution is 6.33. The minimum absolute atomic E-state index is 0.0179. The van der Waals surface area contributed by atoms with E-state index in [0.29, 0.717) is 22.9 Å². The molecule has 5 rings (SSSR count). The molecule has 3 heterocycles. The van der Waals surface area contributed by atoms with E-state index in [0.717, 1.165) is 31.6 Å². The second kappa shape index (κ2) is 12.3. The summed E-state index contributed by atoms with van der Waals surface area (Å²) in [6, 6.07) is 6.99. The number of methoxy groups -OCH3 is 1. The van der Waals surface area contributed by atoms with Crippen LogP contribution in [-0.4, -0.2) is 79.4 Å². The van der Waals surface area contributed by atoms with Gasteiger partial charge in [0.25, 0.3) is 5.91 Å². The van der Waals surface area contributed by atoms with Gasteiger partial charge in [0.2, 0.25) is 0 Å². The molecule has 0 radical (unpaired) electrons. The quantitative estimate of drug-likeness (QED) is 0.293. The van der Waals surface area contributed by atoms with Crippen LogP contribution >= 0.6 is 11.6 Å². The smallest absolute Gasteiger partial charge is 0.416 e. The Balaban J connectivity index is 1.41. The van der Waals surface area contributed by atoms with E-state index in [-0.39, 0.29) is 46.3 Å². The number of halogens is 4. The van der Waals surface area contributed by atoms with Crippen molar-refractivity contribution in [3.63, 3.8) is 0 Å². The lowest BCUT2D eigenvalue weighted by Crippen LogP contribution is -2.44. The number of hydrazone groups is 1. The van der Waals surface area contributed by atoms with Crippen molar-refractivity contribution in [1.82, 2.24) is 14.8 Å². The van der Waals surface area contributed by atoms with E-state index in [4.69, 9.17) is 27.9 Å². The zero-order chi connectivity index (χ0) is 31.9. The predicted octanol–water partition coefficient (Wildman–Crippen LogP) is 4.23. The van der Waals surface area contributed by atoms with E-state index in [9.17, 15) is 18.0 Å². The monoisotopic (exact) mass is 632 g/mol. The van der Waals surface area contributed by atoms with Crippen LogP contribution in [0.5, 0.6) is 5.75 Å². The number of hydrogen-bond donors (Lipinski definition) is 3. The summed E-state index contributed by atoms with van der Waals surface area (Å²) in [6.45, 7) is 3.84. The fourth-order valence-corrected chi connectivity index (χ4v) is 6.06. The number of piperazine rings is 1. The van der Waals surface area contributed by atoms with Gasteiger partial charge in [-0.3, -0.25) is 19.7 Å². The Bertz CT molecular complexity index is 1530. The number of likely N-dealkylation sites (N-methyl/N-ethyl adjacent to an activating group) is 2. The van der Waals surface area contributed by atoms with Gasteiger partial charge in [-0.25, -0.2) is 5.84 Å². The zero-order valence-corrected chi connectivity index (χ0v) is 25.7. The number of carbonyl (C=O) groups excluding carboxylic acids is 1. The number of benzene rings is 2. The summed E-state index contributed by atoms with van der Waals surface area (Å²) in [5, 5.41) is 10.1. The molecule has 0 spiro atoms. The fourth-order valence-electron chi connectivity index (χ4n) is 5.84. The molecule has 0 saturated carbocycles. The number of rotatable bonds is 8. The van der Waals surface area contributed by atoms with E-state index in [2.05, 4.69) is 27.3 Å². The summed E-state index contributed by atoms with van der Waals surface area (Å²) in [6.07, 6.45) is 1.32. The lowest BCUT2D eigenvalue weighted by atomic mass is 10.0. The first-order valence-corrected chi connectivity index (χ1v) is 14.5. The minimum atomic E-state index is -4.63. The number of amides is 1. The van der Waals surface area contributed by atoms with Crippen molar-refractivity contribution in [2.45, 2.75) is 44.2 Å². The number of anilines is 2. The Morgan fingerprint density at radius 1 is 1.23 bits per heavy atom. The summed E-state index contributed by atoms with van der Waals surface area (Å²) >= 11 is 6.40. The van der Waals surface area contributed by atoms with E-state index < -0.39 is 17.6 Å². The van der Waals surface area contributed by atoms with Crippen molar-refractivity contribution in [2.75, 3.05) is 44.6 Å². The van der Waals surface area contributed by atoms with Crippen molar-refractivity contribution < 1.29 is 22.7 Å². The number of nitrogens with two attached hydrogens (primary N) is 2. The summed E-state index contributed by atoms with van der Waals surface area (Å²) in [5.74, 6) is 5.77. The van der Waals surface area contributed by atoms with Crippen LogP contribution in [0.4, 0.5) is 24.5 Å². The molecule has 1 amide bonds. The second-order valence-corrected chi connectivity index (χ2v) is 11.8. The summed E-state index contributed by atoms with van der Waals surface area (Å²) in [7, 11) is 5.27. The standard InChI is InChI=1S/C30H36ClF3N8O2/c1-17-7-19(12-37-40(17)3)25(35)16-42(36)27-9-18(5-6-24(27)31)29(43)38-26-10-21(30(32,33)34)8-20(28(26)44-4)13-41-15-22-11-23(41)14-39(22)2/h5-10,12,16-17,22-23H,11,13-15,35-36H2,1-4H3,(H,38,43)/b25-16-. The first-order valence-electron chi connectivity index (χ1n) is 14.1. The van der Waals surface area contributed by atoms with Gasteiger partial charge in [0, 0.05) is 61.7 Å². The molecule has 10 nitrogen and oxygen atoms in total. The molecule has 0 aromatic heterocycles. The number of ether oxygens (including phenoxy) is 1. The van der Waals surface area contributed by atoms with Crippen molar-refractivity contribution >= 4 is 35.1 Å². The third-order valence-electron chi connectivity index (χ3n) is 8.43. The Hall–Kier alpha value is -3.78. The van der Waals surface area contributed by atoms with Gasteiger partial charge in [0.15, 0.2) is 0 Å². The van der Waals surface area contributed by atoms with Gasteiger partial charge in [-0.2, -0.15) is 18.3 Å². The molecule has 44 heavy (non-hydrogen) atoms. The summed E-state index contributed by atoms with van der Waals surface area (Å²) in [4.78, 5) is 17.9. The maximum atomic E-state index is 14.0. The van der Waals surface area contributed by atoms with Crippen LogP contribution in [0.2, 0.25) is 5.02 Å². The van der Waals surface area contributed by atoms with E-state index in [1.165, 1.54) is 36.5 Å². The highest BCUT2D eigenvalue weighted by Gasteiger charge is 2.42. The molecule has 2 aromatic carbocycles. The van der Waals surface area contributed by atoms with Gasteiger partial charge in [-0.05, 0) is 56.8 Å². The summed E-state index contributed by atoms with van der Waals surface area (Å²) < 4.78 is 47.5. The van der Waals surface area contributed by atoms with Crippen LogP contribution in [0.15, 0.2) is 59.0 Å². The molecule has 236 valence electrons. The molecule has 3 aliphatic heterocycles. The number of fused-ring (bicyclic) bond motifs is 2. The van der Waals surface area contributed by atoms with Crippen molar-refractivity contribution in [2.24, 2.45) is 16.7 Å². The molecule has 2 bridgehead atoms. The average Bonchev–Trinajstić information content (AvgIpc) is 3.53. The SMILES string of the molecule is COc1c(CN2CC3CC2CN3C)cc(C(F)(F)F)cc1NC(=O)c1ccc(Cl)c(N(N)/C=C(\N)C2=CC(C)N(C)N=C2)c1. The molecule has 2 fully saturated rings. The highest BCUT2D eigenvalue weighted by atomic mass is 35.5. The molecule has 3 atom stereocenters. The number of alkyl halides is 3. The average molecular weight is 633 g/mol. The largest absolute Gasteiger partial charge is 0.494 e. The van der Waals surface area contributed by atoms with E-state index in [1.807, 2.05) is 20.0 Å². The van der Waals surface area contributed by atoms with Crippen LogP contribution in [0.1, 0.15) is 34.8 Å². The van der Waals surface area contributed by atoms with Crippen LogP contribution in [0, 0.1) is 0 Å². The third-order valence-corrected chi connectivity index (χ3v) is 8.75. The Labute approximate surface area is 259 Å². The first-order chi connectivity index (χ1) is 20.7. The number of allylic oxidation sites excluding steroid dienone is 1. The Kier molecular flexibility index (Phi) is 8.85. The first kappa shape index (κ1) is 31.6. The zero-order valence-electron chi connectivity index (χ0n) is 24.9. The number of nitrogens with zero attached hydrogens (tertiary/aromatic N) is 5. The maximum absolute atomic E-state index is 14.0. The van der Waals surface area contributed by atoms with Crippen molar-refractivity contribution in [3.05, 3.63) is 75.6 Å². The fraction of sp³-hybridized carbons (Fsp3) is 0.400. The number of carbonyl (C=O) groups is 1. The van der Waals surface area contributed by atoms with E-state index >= 15 is 0 Å². The number of hydrazine groups is 1. The molecule has 14 heteroatoms. The maximum Gasteiger partial charge on any atom is 0.416 e. The highest BCUT2D eigenvalue weighted by Crippen LogP contribution is 2.40. The van der Waals surface area contributed by atoms with Crippen LogP contribution in [0.3, 0.4) is 0 Å². The number of hydrogen-bond acceptors (Lipinski definition) is 9. The predicted molar refractivity (Wildman–Crippen MR) is 165 cm³/mol. The Morgan fingerprint density at radius 2 is 1.98 bits per heavy atom. The molecule has 2 saturated heterocycles. The van der Waals surface area contributed by atoms with Gasteiger partial charge in [-0.1, -0.05) is 11.6 Å². The van der Waals surface area contributed by atoms with Gasteiger partial charge >= 0.3 is 6.18 Å². The lowest BCUT2D eigenvalue weighted by Gasteiger charge is -2.32. The molecule has 0 aliphatic carbocycles. The van der Waals surface area contributed by atoms with Crippen LogP contribution < -0.4 is 26.6 Å². The number of nitrogens with one attached hydrogen (secondary N) is 1. The summed E-state index contributed by atoms with van der Waals surface area (Å²) in [5.41, 5.74) is 6.99. The van der Waals surface area contributed by atoms with Crippen LogP contribution in [-0.2, 0) is 12.7 Å². The van der Waals surface area contributed by atoms with E-state index in [1.54, 1.807) is 11.2 Å². The molecule has 5 N–H and O–H groups in total. The molecule has 2 aromatic rings. The normalized spacial score (nSPS) is 22.4. The number of likely N-dealkylation sites (tertiary alicyclic amines) is 2. The van der Waals surface area contributed by atoms with Gasteiger partial charge in [0.05, 0.1) is 47.0 Å². The van der Waals surface area contributed by atoms with Gasteiger partial charge in [-0.15, -0.1) is 0 Å². The second-order valence-electron chi connectivity index (χ2n) is 11.4. The van der Waals surface area contributed by atoms with Crippen molar-refractivity contribution in [1.29, 1.82) is 0 Å². The minimum Gasteiger partial charge on any atom is -0.494 e. The Morgan fingerprint density at radius 3 is 2.59 bits per heavy atom. The molecule has 3 aliphatic rings. The molecular weight excluding hydrogens is 597 g/mol. The third kappa shape index (κ3) is 6.50. The lowest BCUT2D eigenvalue weighted by molar-refractivity contribution is -0.137. The van der Waals surface area contributed by atoms with Gasteiger partial charge in [0.1, 0.15) is 5.75 Å². The van der Waals surface area contributed by atoms with Gasteiger partial charge < -0.3 is 20.7 Å². The van der Waals surface area contributed by atoms with Crippen LogP contribution in [0.25, 0.3) is 0 Å². The topological polar surface area (TPSA) is 116 Å². The molecule has 3 unspecified atom stereocenters.